The monoisotopic (exact) mass is 358 g/mol. The van der Waals surface area contributed by atoms with Gasteiger partial charge in [0.15, 0.2) is 6.29 Å². The SMILES string of the molecule is CCCCC[C@@H](O)[C@H]1O[C@@H](c2ccccc2)OC[C@H]1OS(C)(=O)=O. The van der Waals surface area contributed by atoms with Gasteiger partial charge in [-0.2, -0.15) is 8.42 Å². The Bertz CT molecular complexity index is 588. The third kappa shape index (κ3) is 5.82. The van der Waals surface area contributed by atoms with Crippen molar-refractivity contribution < 1.29 is 27.2 Å². The molecule has 0 aromatic heterocycles. The molecule has 1 saturated heterocycles. The van der Waals surface area contributed by atoms with Crippen molar-refractivity contribution in [2.75, 3.05) is 12.9 Å². The normalized spacial score (nSPS) is 26.2. The molecule has 0 amide bonds. The molecule has 1 aromatic rings. The van der Waals surface area contributed by atoms with E-state index in [-0.39, 0.29) is 6.61 Å². The van der Waals surface area contributed by atoms with Crippen molar-refractivity contribution in [3.05, 3.63) is 35.9 Å². The molecule has 136 valence electrons. The van der Waals surface area contributed by atoms with Gasteiger partial charge >= 0.3 is 0 Å². The highest BCUT2D eigenvalue weighted by molar-refractivity contribution is 7.86. The van der Waals surface area contributed by atoms with Gasteiger partial charge in [0.2, 0.25) is 0 Å². The fraction of sp³-hybridized carbons (Fsp3) is 0.647. The predicted molar refractivity (Wildman–Crippen MR) is 89.9 cm³/mol. The van der Waals surface area contributed by atoms with Crippen molar-refractivity contribution in [1.29, 1.82) is 0 Å². The van der Waals surface area contributed by atoms with Crippen molar-refractivity contribution in [3.63, 3.8) is 0 Å². The van der Waals surface area contributed by atoms with Crippen molar-refractivity contribution >= 4 is 10.1 Å². The molecule has 0 spiro atoms. The van der Waals surface area contributed by atoms with Crippen molar-refractivity contribution in [3.8, 4) is 0 Å². The lowest BCUT2D eigenvalue weighted by atomic mass is 10.0. The van der Waals surface area contributed by atoms with E-state index in [1.165, 1.54) is 0 Å². The fourth-order valence-corrected chi connectivity index (χ4v) is 3.36. The number of unbranched alkanes of at least 4 members (excludes halogenated alkanes) is 2. The van der Waals surface area contributed by atoms with E-state index in [1.807, 2.05) is 30.3 Å². The minimum atomic E-state index is -3.67. The fourth-order valence-electron chi connectivity index (χ4n) is 2.74. The summed E-state index contributed by atoms with van der Waals surface area (Å²) in [5, 5.41) is 10.5. The number of aliphatic hydroxyl groups is 1. The average molecular weight is 358 g/mol. The van der Waals surface area contributed by atoms with E-state index in [0.717, 1.165) is 31.1 Å². The van der Waals surface area contributed by atoms with Gasteiger partial charge in [-0.25, -0.2) is 0 Å². The minimum Gasteiger partial charge on any atom is -0.390 e. The molecule has 1 N–H and O–H groups in total. The first-order valence-corrected chi connectivity index (χ1v) is 10.1. The Morgan fingerprint density at radius 2 is 2.00 bits per heavy atom. The molecule has 24 heavy (non-hydrogen) atoms. The van der Waals surface area contributed by atoms with Gasteiger partial charge < -0.3 is 14.6 Å². The standard InChI is InChI=1S/C17H26O6S/c1-3-4-6-11-14(18)16-15(23-24(2,19)20)12-21-17(22-16)13-9-7-5-8-10-13/h5,7-10,14-18H,3-4,6,11-12H2,1-2H3/t14-,15-,16-,17+/m1/s1. The predicted octanol–water partition coefficient (Wildman–Crippen LogP) is 2.39. The summed E-state index contributed by atoms with van der Waals surface area (Å²) in [6, 6.07) is 9.35. The second-order valence-corrected chi connectivity index (χ2v) is 7.68. The third-order valence-corrected chi connectivity index (χ3v) is 4.51. The Labute approximate surface area is 143 Å². The van der Waals surface area contributed by atoms with Gasteiger partial charge in [-0.3, -0.25) is 4.18 Å². The zero-order valence-corrected chi connectivity index (χ0v) is 14.9. The van der Waals surface area contributed by atoms with Gasteiger partial charge in [-0.1, -0.05) is 56.5 Å². The molecule has 1 fully saturated rings. The van der Waals surface area contributed by atoms with Crippen LogP contribution in [0, 0.1) is 0 Å². The highest BCUT2D eigenvalue weighted by Crippen LogP contribution is 2.30. The van der Waals surface area contributed by atoms with Crippen LogP contribution in [0.5, 0.6) is 0 Å². The molecule has 0 bridgehead atoms. The van der Waals surface area contributed by atoms with E-state index in [4.69, 9.17) is 13.7 Å². The highest BCUT2D eigenvalue weighted by Gasteiger charge is 2.39. The van der Waals surface area contributed by atoms with Crippen LogP contribution in [0.1, 0.15) is 44.5 Å². The van der Waals surface area contributed by atoms with E-state index in [2.05, 4.69) is 6.92 Å². The van der Waals surface area contributed by atoms with Crippen molar-refractivity contribution in [2.45, 2.75) is 57.2 Å². The molecule has 1 aromatic carbocycles. The van der Waals surface area contributed by atoms with Gasteiger partial charge in [0.05, 0.1) is 19.0 Å². The Morgan fingerprint density at radius 1 is 1.29 bits per heavy atom. The number of hydrogen-bond donors (Lipinski definition) is 1. The lowest BCUT2D eigenvalue weighted by molar-refractivity contribution is -0.270. The second kappa shape index (κ2) is 8.92. The molecule has 0 unspecified atom stereocenters. The zero-order chi connectivity index (χ0) is 17.6. The van der Waals surface area contributed by atoms with Crippen LogP contribution in [0.15, 0.2) is 30.3 Å². The van der Waals surface area contributed by atoms with Crippen LogP contribution in [0.25, 0.3) is 0 Å². The van der Waals surface area contributed by atoms with Crippen molar-refractivity contribution in [2.24, 2.45) is 0 Å². The summed E-state index contributed by atoms with van der Waals surface area (Å²) in [7, 11) is -3.67. The Kier molecular flexibility index (Phi) is 7.18. The minimum absolute atomic E-state index is 0.0438. The lowest BCUT2D eigenvalue weighted by Crippen LogP contribution is -2.49. The van der Waals surface area contributed by atoms with E-state index < -0.39 is 34.7 Å². The largest absolute Gasteiger partial charge is 0.390 e. The quantitative estimate of drug-likeness (QED) is 0.568. The molecule has 0 radical (unpaired) electrons. The number of ether oxygens (including phenoxy) is 2. The Hall–Kier alpha value is -0.990. The highest BCUT2D eigenvalue weighted by atomic mass is 32.2. The maximum Gasteiger partial charge on any atom is 0.264 e. The van der Waals surface area contributed by atoms with E-state index in [0.29, 0.717) is 6.42 Å². The summed E-state index contributed by atoms with van der Waals surface area (Å²) >= 11 is 0. The van der Waals surface area contributed by atoms with Crippen LogP contribution < -0.4 is 0 Å². The van der Waals surface area contributed by atoms with Crippen LogP contribution in [0.4, 0.5) is 0 Å². The lowest BCUT2D eigenvalue weighted by Gasteiger charge is -2.38. The molecule has 7 heteroatoms. The summed E-state index contributed by atoms with van der Waals surface area (Å²) in [4.78, 5) is 0. The summed E-state index contributed by atoms with van der Waals surface area (Å²) < 4.78 is 39.5. The van der Waals surface area contributed by atoms with Crippen LogP contribution in [0.3, 0.4) is 0 Å². The molecule has 4 atom stereocenters. The third-order valence-electron chi connectivity index (χ3n) is 3.91. The van der Waals surface area contributed by atoms with E-state index in [9.17, 15) is 13.5 Å². The Balaban J connectivity index is 2.09. The molecular weight excluding hydrogens is 332 g/mol. The van der Waals surface area contributed by atoms with Gasteiger partial charge in [0, 0.05) is 5.56 Å². The van der Waals surface area contributed by atoms with Crippen LogP contribution in [0.2, 0.25) is 0 Å². The van der Waals surface area contributed by atoms with Gasteiger partial charge in [-0.15, -0.1) is 0 Å². The van der Waals surface area contributed by atoms with Crippen LogP contribution in [-0.4, -0.2) is 44.7 Å². The number of hydrogen-bond acceptors (Lipinski definition) is 6. The molecule has 6 nitrogen and oxygen atoms in total. The molecule has 1 heterocycles. The first kappa shape index (κ1) is 19.3. The summed E-state index contributed by atoms with van der Waals surface area (Å²) in [5.74, 6) is 0. The Morgan fingerprint density at radius 3 is 2.62 bits per heavy atom. The molecular formula is C17H26O6S. The molecule has 1 aliphatic rings. The topological polar surface area (TPSA) is 82.1 Å². The maximum atomic E-state index is 11.5. The van der Waals surface area contributed by atoms with Crippen LogP contribution in [-0.2, 0) is 23.8 Å². The second-order valence-electron chi connectivity index (χ2n) is 6.08. The summed E-state index contributed by atoms with van der Waals surface area (Å²) in [6.45, 7) is 2.13. The van der Waals surface area contributed by atoms with E-state index in [1.54, 1.807) is 0 Å². The molecule has 1 aliphatic heterocycles. The smallest absolute Gasteiger partial charge is 0.264 e. The van der Waals surface area contributed by atoms with Gasteiger partial charge in [0.25, 0.3) is 10.1 Å². The van der Waals surface area contributed by atoms with Gasteiger partial charge in [-0.05, 0) is 6.42 Å². The summed E-state index contributed by atoms with van der Waals surface area (Å²) in [5.41, 5.74) is 0.820. The first-order chi connectivity index (χ1) is 11.4. The molecule has 0 aliphatic carbocycles. The number of rotatable bonds is 8. The maximum absolute atomic E-state index is 11.5. The molecule has 0 saturated carbocycles. The van der Waals surface area contributed by atoms with Crippen molar-refractivity contribution in [1.82, 2.24) is 0 Å². The first-order valence-electron chi connectivity index (χ1n) is 8.29. The van der Waals surface area contributed by atoms with E-state index >= 15 is 0 Å². The summed E-state index contributed by atoms with van der Waals surface area (Å²) in [6.07, 6.45) is 1.35. The number of benzene rings is 1. The average Bonchev–Trinajstić information content (AvgIpc) is 2.54. The zero-order valence-electron chi connectivity index (χ0n) is 14.1. The number of aliphatic hydroxyl groups excluding tert-OH is 1. The van der Waals surface area contributed by atoms with Crippen LogP contribution >= 0.6 is 0 Å². The van der Waals surface area contributed by atoms with Gasteiger partial charge in [0.1, 0.15) is 12.2 Å². The molecule has 2 rings (SSSR count).